The van der Waals surface area contributed by atoms with Gasteiger partial charge in [0.05, 0.1) is 30.2 Å². The van der Waals surface area contributed by atoms with Crippen LogP contribution in [0.3, 0.4) is 0 Å². The number of ether oxygens (including phenoxy) is 3. The van der Waals surface area contributed by atoms with E-state index in [2.05, 4.69) is 13.8 Å². The van der Waals surface area contributed by atoms with Gasteiger partial charge < -0.3 is 23.5 Å². The highest BCUT2D eigenvalue weighted by Gasteiger charge is 2.43. The topological polar surface area (TPSA) is 78.2 Å². The largest absolute Gasteiger partial charge is 0.490 e. The molecule has 7 nitrogen and oxygen atoms in total. The monoisotopic (exact) mass is 507 g/mol. The lowest BCUT2D eigenvalue weighted by atomic mass is 9.96. The van der Waals surface area contributed by atoms with Crippen molar-refractivity contribution in [3.63, 3.8) is 0 Å². The Morgan fingerprint density at radius 3 is 2.51 bits per heavy atom. The van der Waals surface area contributed by atoms with E-state index in [4.69, 9.17) is 18.6 Å². The number of carbonyl (C=O) groups excluding carboxylic acids is 1. The summed E-state index contributed by atoms with van der Waals surface area (Å²) in [6, 6.07) is 8.85. The molecule has 3 aromatic rings. The van der Waals surface area contributed by atoms with Gasteiger partial charge in [-0.15, -0.1) is 0 Å². The second kappa shape index (κ2) is 11.4. The summed E-state index contributed by atoms with van der Waals surface area (Å²) in [4.78, 5) is 29.2. The highest BCUT2D eigenvalue weighted by atomic mass is 16.5. The molecule has 2 aromatic carbocycles. The first-order valence-corrected chi connectivity index (χ1v) is 13.0. The number of benzene rings is 2. The van der Waals surface area contributed by atoms with Crippen LogP contribution in [0.15, 0.2) is 39.5 Å². The summed E-state index contributed by atoms with van der Waals surface area (Å²) in [6.45, 7) is 12.0. The van der Waals surface area contributed by atoms with E-state index in [0.717, 1.165) is 23.1 Å². The van der Waals surface area contributed by atoms with Crippen LogP contribution in [0.25, 0.3) is 11.0 Å². The smallest absolute Gasteiger partial charge is 0.290 e. The lowest BCUT2D eigenvalue weighted by molar-refractivity contribution is 0.0707. The van der Waals surface area contributed by atoms with Gasteiger partial charge in [0.2, 0.25) is 5.76 Å². The van der Waals surface area contributed by atoms with E-state index in [1.807, 2.05) is 51.1 Å². The highest BCUT2D eigenvalue weighted by Crippen LogP contribution is 2.41. The minimum Gasteiger partial charge on any atom is -0.490 e. The molecule has 1 unspecified atom stereocenters. The second-order valence-corrected chi connectivity index (χ2v) is 10.0. The molecule has 0 spiro atoms. The van der Waals surface area contributed by atoms with E-state index >= 15 is 0 Å². The molecule has 198 valence electrons. The van der Waals surface area contributed by atoms with Crippen LogP contribution in [-0.2, 0) is 4.74 Å². The predicted octanol–water partition coefficient (Wildman–Crippen LogP) is 5.82. The van der Waals surface area contributed by atoms with Crippen molar-refractivity contribution in [2.24, 2.45) is 5.92 Å². The molecule has 37 heavy (non-hydrogen) atoms. The van der Waals surface area contributed by atoms with Crippen LogP contribution >= 0.6 is 0 Å². The number of hydrogen-bond donors (Lipinski definition) is 0. The van der Waals surface area contributed by atoms with Gasteiger partial charge in [0.25, 0.3) is 5.91 Å². The first-order chi connectivity index (χ1) is 17.8. The standard InChI is InChI=1S/C30H37NO6/c1-7-35-23-17-21(9-10-22(23)36-14-11-18(2)3)27-26-28(32)25-20(5)15-19(4)16-24(25)37-29(26)30(33)31(27)12-8-13-34-6/h9-10,15-18,27H,7-8,11-14H2,1-6H3. The molecule has 0 radical (unpaired) electrons. The van der Waals surface area contributed by atoms with Crippen LogP contribution in [0.1, 0.15) is 72.5 Å². The number of methoxy groups -OCH3 is 1. The molecular formula is C30H37NO6. The zero-order valence-corrected chi connectivity index (χ0v) is 22.7. The quantitative estimate of drug-likeness (QED) is 0.305. The van der Waals surface area contributed by atoms with Gasteiger partial charge >= 0.3 is 0 Å². The molecule has 1 aliphatic heterocycles. The molecule has 0 fully saturated rings. The SMILES string of the molecule is CCOc1cc(C2c3c(oc4cc(C)cc(C)c4c3=O)C(=O)N2CCCOC)ccc1OCCC(C)C. The molecule has 1 atom stereocenters. The zero-order valence-electron chi connectivity index (χ0n) is 22.7. The highest BCUT2D eigenvalue weighted by molar-refractivity contribution is 5.99. The van der Waals surface area contributed by atoms with E-state index in [-0.39, 0.29) is 17.1 Å². The molecule has 0 aliphatic carbocycles. The van der Waals surface area contributed by atoms with Crippen molar-refractivity contribution in [1.82, 2.24) is 4.90 Å². The van der Waals surface area contributed by atoms with Gasteiger partial charge in [-0.3, -0.25) is 9.59 Å². The number of fused-ring (bicyclic) bond motifs is 2. The maximum Gasteiger partial charge on any atom is 0.290 e. The van der Waals surface area contributed by atoms with Gasteiger partial charge in [-0.2, -0.15) is 0 Å². The number of aryl methyl sites for hydroxylation is 2. The van der Waals surface area contributed by atoms with E-state index < -0.39 is 6.04 Å². The van der Waals surface area contributed by atoms with Gasteiger partial charge in [-0.05, 0) is 74.4 Å². The molecule has 1 amide bonds. The first-order valence-electron chi connectivity index (χ1n) is 13.0. The minimum absolute atomic E-state index is 0.111. The number of nitrogens with zero attached hydrogens (tertiary/aromatic N) is 1. The van der Waals surface area contributed by atoms with Gasteiger partial charge in [0.1, 0.15) is 5.58 Å². The maximum atomic E-state index is 13.9. The van der Waals surface area contributed by atoms with E-state index in [9.17, 15) is 9.59 Å². The molecule has 4 rings (SSSR count). The zero-order chi connectivity index (χ0) is 26.7. The average Bonchev–Trinajstić information content (AvgIpc) is 3.11. The third-order valence-corrected chi connectivity index (χ3v) is 6.70. The number of carbonyl (C=O) groups is 1. The van der Waals surface area contributed by atoms with E-state index in [1.54, 1.807) is 12.0 Å². The van der Waals surface area contributed by atoms with Crippen molar-refractivity contribution in [2.45, 2.75) is 53.5 Å². The van der Waals surface area contributed by atoms with Crippen LogP contribution in [0.4, 0.5) is 0 Å². The molecule has 0 bridgehead atoms. The molecule has 1 aromatic heterocycles. The van der Waals surface area contributed by atoms with Crippen LogP contribution in [0.2, 0.25) is 0 Å². The second-order valence-electron chi connectivity index (χ2n) is 10.0. The molecule has 1 aliphatic rings. The lowest BCUT2D eigenvalue weighted by Gasteiger charge is -2.26. The van der Waals surface area contributed by atoms with Crippen molar-refractivity contribution in [1.29, 1.82) is 0 Å². The van der Waals surface area contributed by atoms with Crippen molar-refractivity contribution >= 4 is 16.9 Å². The molecule has 7 heteroatoms. The molecule has 0 saturated carbocycles. The number of hydrogen-bond acceptors (Lipinski definition) is 6. The van der Waals surface area contributed by atoms with Crippen molar-refractivity contribution in [2.75, 3.05) is 33.5 Å². The van der Waals surface area contributed by atoms with Gasteiger partial charge in [-0.1, -0.05) is 26.0 Å². The van der Waals surface area contributed by atoms with Crippen LogP contribution in [0.5, 0.6) is 11.5 Å². The number of amides is 1. The van der Waals surface area contributed by atoms with Gasteiger partial charge in [-0.25, -0.2) is 0 Å². The lowest BCUT2D eigenvalue weighted by Crippen LogP contribution is -2.31. The Labute approximate surface area is 218 Å². The summed E-state index contributed by atoms with van der Waals surface area (Å²) in [5, 5.41) is 0.513. The fraction of sp³-hybridized carbons (Fsp3) is 0.467. The normalized spacial score (nSPS) is 15.1. The summed E-state index contributed by atoms with van der Waals surface area (Å²) in [5.74, 6) is 1.60. The summed E-state index contributed by atoms with van der Waals surface area (Å²) in [6.07, 6.45) is 1.56. The first kappa shape index (κ1) is 26.7. The van der Waals surface area contributed by atoms with Crippen molar-refractivity contribution in [3.05, 3.63) is 68.6 Å². The van der Waals surface area contributed by atoms with Gasteiger partial charge in [0.15, 0.2) is 16.9 Å². The van der Waals surface area contributed by atoms with Crippen LogP contribution in [0, 0.1) is 19.8 Å². The number of rotatable bonds is 11. The molecular weight excluding hydrogens is 470 g/mol. The summed E-state index contributed by atoms with van der Waals surface area (Å²) >= 11 is 0. The Kier molecular flexibility index (Phi) is 8.22. The predicted molar refractivity (Wildman–Crippen MR) is 144 cm³/mol. The summed E-state index contributed by atoms with van der Waals surface area (Å²) in [5.41, 5.74) is 3.23. The molecule has 0 N–H and O–H groups in total. The summed E-state index contributed by atoms with van der Waals surface area (Å²) in [7, 11) is 1.63. The van der Waals surface area contributed by atoms with E-state index in [1.165, 1.54) is 0 Å². The van der Waals surface area contributed by atoms with Crippen molar-refractivity contribution < 1.29 is 23.4 Å². The van der Waals surface area contributed by atoms with Crippen LogP contribution in [-0.4, -0.2) is 44.3 Å². The Balaban J connectivity index is 1.84. The van der Waals surface area contributed by atoms with Crippen molar-refractivity contribution in [3.8, 4) is 11.5 Å². The Morgan fingerprint density at radius 2 is 1.81 bits per heavy atom. The third-order valence-electron chi connectivity index (χ3n) is 6.70. The molecule has 2 heterocycles. The Hall–Kier alpha value is -3.32. The Morgan fingerprint density at radius 1 is 1.03 bits per heavy atom. The molecule has 0 saturated heterocycles. The van der Waals surface area contributed by atoms with E-state index in [0.29, 0.717) is 66.7 Å². The summed E-state index contributed by atoms with van der Waals surface area (Å²) < 4.78 is 23.3. The van der Waals surface area contributed by atoms with Crippen LogP contribution < -0.4 is 14.9 Å². The fourth-order valence-electron chi connectivity index (χ4n) is 4.96. The minimum atomic E-state index is -0.593. The average molecular weight is 508 g/mol. The third kappa shape index (κ3) is 5.37. The fourth-order valence-corrected chi connectivity index (χ4v) is 4.96. The van der Waals surface area contributed by atoms with Gasteiger partial charge in [0, 0.05) is 20.3 Å². The maximum absolute atomic E-state index is 13.9. The Bertz CT molecular complexity index is 1340.